The molecule has 2 nitrogen and oxygen atoms in total. The molecule has 90 valence electrons. The van der Waals surface area contributed by atoms with E-state index in [4.69, 9.17) is 4.74 Å². The summed E-state index contributed by atoms with van der Waals surface area (Å²) in [5.41, 5.74) is 0.359. The van der Waals surface area contributed by atoms with Gasteiger partial charge in [0.15, 0.2) is 0 Å². The molecule has 0 radical (unpaired) electrons. The molecule has 0 fully saturated rings. The summed E-state index contributed by atoms with van der Waals surface area (Å²) in [6.45, 7) is 3.18. The topological polar surface area (TPSA) is 21.3 Å². The summed E-state index contributed by atoms with van der Waals surface area (Å²) in [6.07, 6.45) is 0.845. The van der Waals surface area contributed by atoms with Gasteiger partial charge in [-0.25, -0.2) is 8.78 Å². The van der Waals surface area contributed by atoms with Crippen LogP contribution in [0.15, 0.2) is 18.2 Å². The van der Waals surface area contributed by atoms with Crippen LogP contribution in [-0.4, -0.2) is 20.3 Å². The molecule has 0 saturated heterocycles. The van der Waals surface area contributed by atoms with E-state index in [0.717, 1.165) is 18.6 Å². The molecule has 1 rings (SSSR count). The molecule has 1 N–H and O–H groups in total. The number of hydrogen-bond donors (Lipinski definition) is 1. The second-order valence-electron chi connectivity index (χ2n) is 3.69. The normalized spacial score (nSPS) is 12.8. The van der Waals surface area contributed by atoms with Crippen LogP contribution in [0.25, 0.3) is 0 Å². The number of hydrogen-bond acceptors (Lipinski definition) is 2. The average Bonchev–Trinajstić information content (AvgIpc) is 2.27. The summed E-state index contributed by atoms with van der Waals surface area (Å²) < 4.78 is 31.2. The number of ether oxygens (including phenoxy) is 1. The summed E-state index contributed by atoms with van der Waals surface area (Å²) in [7, 11) is 1.63. The SMILES string of the molecule is COCCCNC(C)c1cc(F)ccc1F. The zero-order valence-corrected chi connectivity index (χ0v) is 9.59. The molecule has 1 aromatic carbocycles. The summed E-state index contributed by atoms with van der Waals surface area (Å²) in [6, 6.07) is 3.30. The second kappa shape index (κ2) is 6.55. The molecular weight excluding hydrogens is 212 g/mol. The first kappa shape index (κ1) is 13.1. The van der Waals surface area contributed by atoms with Gasteiger partial charge in [-0.3, -0.25) is 0 Å². The van der Waals surface area contributed by atoms with Gasteiger partial charge in [0, 0.05) is 25.3 Å². The molecule has 1 unspecified atom stereocenters. The van der Waals surface area contributed by atoms with Crippen LogP contribution in [0.4, 0.5) is 8.78 Å². The smallest absolute Gasteiger partial charge is 0.128 e. The minimum atomic E-state index is -0.415. The lowest BCUT2D eigenvalue weighted by Crippen LogP contribution is -2.21. The van der Waals surface area contributed by atoms with Gasteiger partial charge >= 0.3 is 0 Å². The van der Waals surface area contributed by atoms with Crippen molar-refractivity contribution in [2.24, 2.45) is 0 Å². The van der Waals surface area contributed by atoms with E-state index < -0.39 is 5.82 Å². The number of nitrogens with one attached hydrogen (secondary N) is 1. The van der Waals surface area contributed by atoms with Crippen molar-refractivity contribution in [1.82, 2.24) is 5.32 Å². The number of halogens is 2. The fourth-order valence-corrected chi connectivity index (χ4v) is 1.49. The van der Waals surface area contributed by atoms with E-state index in [0.29, 0.717) is 18.7 Å². The highest BCUT2D eigenvalue weighted by Gasteiger charge is 2.10. The summed E-state index contributed by atoms with van der Waals surface area (Å²) >= 11 is 0. The van der Waals surface area contributed by atoms with Gasteiger partial charge in [0.25, 0.3) is 0 Å². The molecule has 0 spiro atoms. The van der Waals surface area contributed by atoms with Crippen molar-refractivity contribution in [2.45, 2.75) is 19.4 Å². The minimum absolute atomic E-state index is 0.201. The Morgan fingerprint density at radius 2 is 2.12 bits per heavy atom. The van der Waals surface area contributed by atoms with Gasteiger partial charge in [-0.15, -0.1) is 0 Å². The van der Waals surface area contributed by atoms with Gasteiger partial charge in [0.2, 0.25) is 0 Å². The quantitative estimate of drug-likeness (QED) is 0.757. The van der Waals surface area contributed by atoms with E-state index in [1.54, 1.807) is 7.11 Å². The molecule has 1 atom stereocenters. The van der Waals surface area contributed by atoms with Crippen molar-refractivity contribution in [1.29, 1.82) is 0 Å². The highest BCUT2D eigenvalue weighted by atomic mass is 19.1. The molecule has 1 aromatic rings. The molecule has 0 aliphatic carbocycles. The number of rotatable bonds is 6. The lowest BCUT2D eigenvalue weighted by Gasteiger charge is -2.14. The first-order valence-corrected chi connectivity index (χ1v) is 5.32. The maximum absolute atomic E-state index is 13.4. The van der Waals surface area contributed by atoms with Crippen molar-refractivity contribution in [3.8, 4) is 0 Å². The van der Waals surface area contributed by atoms with Gasteiger partial charge in [-0.2, -0.15) is 0 Å². The van der Waals surface area contributed by atoms with Crippen LogP contribution < -0.4 is 5.32 Å². The number of benzene rings is 1. The third-order valence-corrected chi connectivity index (χ3v) is 2.40. The summed E-state index contributed by atoms with van der Waals surface area (Å²) in [4.78, 5) is 0. The molecule has 0 saturated carbocycles. The van der Waals surface area contributed by atoms with Gasteiger partial charge in [-0.05, 0) is 38.1 Å². The molecule has 0 amide bonds. The zero-order valence-electron chi connectivity index (χ0n) is 9.59. The standard InChI is InChI=1S/C12H17F2NO/c1-9(15-6-3-7-16-2)11-8-10(13)4-5-12(11)14/h4-5,8-9,15H,3,6-7H2,1-2H3. The van der Waals surface area contributed by atoms with Crippen LogP contribution in [0.5, 0.6) is 0 Å². The molecule has 16 heavy (non-hydrogen) atoms. The Hall–Kier alpha value is -1.00. The van der Waals surface area contributed by atoms with E-state index in [1.807, 2.05) is 6.92 Å². The fraction of sp³-hybridized carbons (Fsp3) is 0.500. The van der Waals surface area contributed by atoms with Gasteiger partial charge in [0.1, 0.15) is 11.6 Å². The summed E-state index contributed by atoms with van der Waals surface area (Å²) in [5, 5.41) is 3.12. The van der Waals surface area contributed by atoms with Crippen molar-refractivity contribution in [3.05, 3.63) is 35.4 Å². The van der Waals surface area contributed by atoms with E-state index in [1.165, 1.54) is 6.07 Å². The first-order valence-electron chi connectivity index (χ1n) is 5.32. The largest absolute Gasteiger partial charge is 0.385 e. The number of methoxy groups -OCH3 is 1. The van der Waals surface area contributed by atoms with Crippen LogP contribution in [0.3, 0.4) is 0 Å². The van der Waals surface area contributed by atoms with E-state index in [-0.39, 0.29) is 11.9 Å². The van der Waals surface area contributed by atoms with Crippen LogP contribution in [0.1, 0.15) is 24.9 Å². The first-order chi connectivity index (χ1) is 7.65. The lowest BCUT2D eigenvalue weighted by molar-refractivity contribution is 0.193. The van der Waals surface area contributed by atoms with Gasteiger partial charge in [0.05, 0.1) is 0 Å². The highest BCUT2D eigenvalue weighted by Crippen LogP contribution is 2.17. The lowest BCUT2D eigenvalue weighted by atomic mass is 10.1. The van der Waals surface area contributed by atoms with Crippen molar-refractivity contribution in [2.75, 3.05) is 20.3 Å². The van der Waals surface area contributed by atoms with Crippen molar-refractivity contribution in [3.63, 3.8) is 0 Å². The molecule has 0 aromatic heterocycles. The summed E-state index contributed by atoms with van der Waals surface area (Å²) in [5.74, 6) is -0.796. The van der Waals surface area contributed by atoms with Gasteiger partial charge in [-0.1, -0.05) is 0 Å². The predicted octanol–water partition coefficient (Wildman–Crippen LogP) is 2.65. The highest BCUT2D eigenvalue weighted by molar-refractivity contribution is 5.21. The Labute approximate surface area is 94.6 Å². The van der Waals surface area contributed by atoms with Crippen LogP contribution >= 0.6 is 0 Å². The fourth-order valence-electron chi connectivity index (χ4n) is 1.49. The van der Waals surface area contributed by atoms with Crippen molar-refractivity contribution < 1.29 is 13.5 Å². The van der Waals surface area contributed by atoms with Crippen LogP contribution in [-0.2, 0) is 4.74 Å². The third-order valence-electron chi connectivity index (χ3n) is 2.40. The molecule has 0 bridgehead atoms. The van der Waals surface area contributed by atoms with E-state index in [9.17, 15) is 8.78 Å². The molecular formula is C12H17F2NO. The van der Waals surface area contributed by atoms with E-state index in [2.05, 4.69) is 5.32 Å². The Morgan fingerprint density at radius 1 is 1.38 bits per heavy atom. The average molecular weight is 229 g/mol. The van der Waals surface area contributed by atoms with E-state index >= 15 is 0 Å². The molecule has 4 heteroatoms. The van der Waals surface area contributed by atoms with Crippen molar-refractivity contribution >= 4 is 0 Å². The van der Waals surface area contributed by atoms with Crippen LogP contribution in [0, 0.1) is 11.6 Å². The molecule has 0 aliphatic rings. The monoisotopic (exact) mass is 229 g/mol. The van der Waals surface area contributed by atoms with Crippen LogP contribution in [0.2, 0.25) is 0 Å². The Balaban J connectivity index is 2.51. The Kier molecular flexibility index (Phi) is 5.35. The Bertz CT molecular complexity index is 331. The predicted molar refractivity (Wildman–Crippen MR) is 59.3 cm³/mol. The molecule has 0 aliphatic heterocycles. The maximum atomic E-state index is 13.4. The Morgan fingerprint density at radius 3 is 2.81 bits per heavy atom. The maximum Gasteiger partial charge on any atom is 0.128 e. The third kappa shape index (κ3) is 3.87. The minimum Gasteiger partial charge on any atom is -0.385 e. The zero-order chi connectivity index (χ0) is 12.0. The molecule has 0 heterocycles. The van der Waals surface area contributed by atoms with Gasteiger partial charge < -0.3 is 10.1 Å². The second-order valence-corrected chi connectivity index (χ2v) is 3.69.